The summed E-state index contributed by atoms with van der Waals surface area (Å²) in [4.78, 5) is 0. The van der Waals surface area contributed by atoms with Crippen molar-refractivity contribution in [1.82, 2.24) is 5.32 Å². The molecule has 5 heteroatoms. The highest BCUT2D eigenvalue weighted by Gasteiger charge is 2.20. The third-order valence-corrected chi connectivity index (χ3v) is 4.96. The number of hydrogen-bond donors (Lipinski definition) is 4. The van der Waals surface area contributed by atoms with Gasteiger partial charge in [-0.25, -0.2) is 0 Å². The number of benzene rings is 2. The summed E-state index contributed by atoms with van der Waals surface area (Å²) in [7, 11) is 1.40. The maximum Gasteiger partial charge on any atom is 0.200 e. The average molecular weight is 373 g/mol. The minimum absolute atomic E-state index is 0.0969. The van der Waals surface area contributed by atoms with Gasteiger partial charge in [-0.1, -0.05) is 24.6 Å². The molecule has 0 spiro atoms. The second kappa shape index (κ2) is 9.11. The van der Waals surface area contributed by atoms with Gasteiger partial charge in [-0.2, -0.15) is 0 Å². The minimum Gasteiger partial charge on any atom is -0.504 e. The summed E-state index contributed by atoms with van der Waals surface area (Å²) >= 11 is 0. The summed E-state index contributed by atoms with van der Waals surface area (Å²) in [5, 5.41) is 33.4. The largest absolute Gasteiger partial charge is 0.504 e. The van der Waals surface area contributed by atoms with Crippen molar-refractivity contribution in [3.05, 3.63) is 52.1 Å². The molecule has 148 valence electrons. The van der Waals surface area contributed by atoms with E-state index >= 15 is 0 Å². The molecule has 0 amide bonds. The van der Waals surface area contributed by atoms with Crippen LogP contribution >= 0.6 is 0 Å². The van der Waals surface area contributed by atoms with Gasteiger partial charge in [0.2, 0.25) is 5.75 Å². The molecular weight excluding hydrogens is 342 g/mol. The minimum atomic E-state index is -0.862. The number of rotatable bonds is 8. The van der Waals surface area contributed by atoms with Crippen LogP contribution in [0.2, 0.25) is 0 Å². The van der Waals surface area contributed by atoms with Crippen LogP contribution in [0.4, 0.5) is 0 Å². The number of phenols is 2. The number of hydrogen-bond acceptors (Lipinski definition) is 5. The van der Waals surface area contributed by atoms with Gasteiger partial charge in [0.1, 0.15) is 0 Å². The summed E-state index contributed by atoms with van der Waals surface area (Å²) in [5.74, 6) is -0.532. The van der Waals surface area contributed by atoms with Gasteiger partial charge in [0.15, 0.2) is 11.5 Å². The second-order valence-electron chi connectivity index (χ2n) is 7.16. The van der Waals surface area contributed by atoms with Gasteiger partial charge in [-0.05, 0) is 62.4 Å². The van der Waals surface area contributed by atoms with Gasteiger partial charge in [-0.3, -0.25) is 0 Å². The fourth-order valence-corrected chi connectivity index (χ4v) is 3.55. The van der Waals surface area contributed by atoms with E-state index in [1.54, 1.807) is 6.07 Å². The molecular formula is C22H31NO4. The normalized spacial score (nSPS) is 13.4. The lowest BCUT2D eigenvalue weighted by Crippen LogP contribution is -2.32. The van der Waals surface area contributed by atoms with E-state index in [2.05, 4.69) is 45.1 Å². The Hall–Kier alpha value is -2.24. The second-order valence-corrected chi connectivity index (χ2v) is 7.16. The number of aromatic hydroxyl groups is 2. The molecule has 0 heterocycles. The average Bonchev–Trinajstić information content (AvgIpc) is 2.63. The van der Waals surface area contributed by atoms with Crippen molar-refractivity contribution in [3.63, 3.8) is 0 Å². The van der Waals surface area contributed by atoms with Crippen LogP contribution in [-0.2, 0) is 12.8 Å². The van der Waals surface area contributed by atoms with Crippen LogP contribution in [0.3, 0.4) is 0 Å². The third kappa shape index (κ3) is 4.93. The molecule has 0 aromatic heterocycles. The summed E-state index contributed by atoms with van der Waals surface area (Å²) in [6.07, 6.45) is 1.01. The molecule has 0 aliphatic rings. The van der Waals surface area contributed by atoms with Crippen molar-refractivity contribution >= 4 is 0 Å². The lowest BCUT2D eigenvalue weighted by molar-refractivity contribution is 0.165. The van der Waals surface area contributed by atoms with Gasteiger partial charge in [0, 0.05) is 18.2 Å². The number of methoxy groups -OCH3 is 1. The molecule has 0 aliphatic carbocycles. The van der Waals surface area contributed by atoms with E-state index in [0.717, 1.165) is 12.8 Å². The van der Waals surface area contributed by atoms with Crippen molar-refractivity contribution in [2.75, 3.05) is 13.7 Å². The van der Waals surface area contributed by atoms with E-state index in [1.807, 2.05) is 0 Å². The number of ether oxygens (including phenoxy) is 1. The molecule has 2 aromatic carbocycles. The monoisotopic (exact) mass is 373 g/mol. The van der Waals surface area contributed by atoms with E-state index in [1.165, 1.54) is 35.4 Å². The van der Waals surface area contributed by atoms with E-state index in [0.29, 0.717) is 12.1 Å². The fourth-order valence-electron chi connectivity index (χ4n) is 3.55. The first kappa shape index (κ1) is 21.1. The van der Waals surface area contributed by atoms with E-state index in [9.17, 15) is 15.3 Å². The molecule has 0 bridgehead atoms. The van der Waals surface area contributed by atoms with Crippen molar-refractivity contribution in [1.29, 1.82) is 0 Å². The first-order valence-electron chi connectivity index (χ1n) is 9.37. The van der Waals surface area contributed by atoms with Crippen molar-refractivity contribution in [3.8, 4) is 17.2 Å². The number of aliphatic hydroxyl groups excluding tert-OH is 1. The molecule has 27 heavy (non-hydrogen) atoms. The molecule has 2 aromatic rings. The van der Waals surface area contributed by atoms with Gasteiger partial charge < -0.3 is 25.4 Å². The highest BCUT2D eigenvalue weighted by atomic mass is 16.5. The zero-order valence-electron chi connectivity index (χ0n) is 16.8. The Labute approximate surface area is 161 Å². The highest BCUT2D eigenvalue weighted by Crippen LogP contribution is 2.40. The highest BCUT2D eigenvalue weighted by molar-refractivity contribution is 5.54. The van der Waals surface area contributed by atoms with Crippen LogP contribution in [-0.4, -0.2) is 35.0 Å². The quantitative estimate of drug-likeness (QED) is 0.532. The molecule has 0 saturated heterocycles. The zero-order chi connectivity index (χ0) is 20.1. The van der Waals surface area contributed by atoms with Crippen molar-refractivity contribution < 1.29 is 20.1 Å². The molecule has 0 radical (unpaired) electrons. The summed E-state index contributed by atoms with van der Waals surface area (Å²) in [6.45, 7) is 8.84. The smallest absolute Gasteiger partial charge is 0.200 e. The van der Waals surface area contributed by atoms with Crippen LogP contribution in [0, 0.1) is 13.8 Å². The predicted octanol–water partition coefficient (Wildman–Crippen LogP) is 3.54. The fraction of sp³-hybridized carbons (Fsp3) is 0.455. The van der Waals surface area contributed by atoms with Crippen LogP contribution in [0.15, 0.2) is 24.3 Å². The van der Waals surface area contributed by atoms with E-state index < -0.39 is 6.10 Å². The molecule has 2 unspecified atom stereocenters. The first-order chi connectivity index (χ1) is 12.8. The number of phenolic OH excluding ortho intramolecular Hbond substituents is 2. The Balaban J connectivity index is 2.06. The molecule has 0 fully saturated rings. The van der Waals surface area contributed by atoms with Crippen molar-refractivity contribution in [2.24, 2.45) is 0 Å². The van der Waals surface area contributed by atoms with E-state index in [-0.39, 0.29) is 23.3 Å². The summed E-state index contributed by atoms with van der Waals surface area (Å²) < 4.78 is 5.14. The zero-order valence-corrected chi connectivity index (χ0v) is 16.8. The first-order valence-corrected chi connectivity index (χ1v) is 9.37. The van der Waals surface area contributed by atoms with Crippen LogP contribution in [0.25, 0.3) is 0 Å². The molecule has 0 aliphatic heterocycles. The Morgan fingerprint density at radius 3 is 2.48 bits per heavy atom. The predicted molar refractivity (Wildman–Crippen MR) is 108 cm³/mol. The SMILES string of the molecule is CCc1cc(C)cc(C)c1CC(C)NCC(O)c1ccc(O)c(O)c1OC. The van der Waals surface area contributed by atoms with Crippen molar-refractivity contribution in [2.45, 2.75) is 52.7 Å². The maximum absolute atomic E-state index is 10.5. The van der Waals surface area contributed by atoms with Gasteiger partial charge >= 0.3 is 0 Å². The standard InChI is InChI=1S/C22H31NO4/c1-6-16-10-13(2)9-14(3)18(16)11-15(4)23-12-20(25)17-7-8-19(24)21(26)22(17)27-5/h7-10,15,20,23-26H,6,11-12H2,1-5H3. The molecule has 2 rings (SSSR count). The Morgan fingerprint density at radius 1 is 1.15 bits per heavy atom. The number of aliphatic hydroxyl groups is 1. The van der Waals surface area contributed by atoms with Gasteiger partial charge in [0.25, 0.3) is 0 Å². The molecule has 0 saturated carbocycles. The summed E-state index contributed by atoms with van der Waals surface area (Å²) in [6, 6.07) is 7.53. The lowest BCUT2D eigenvalue weighted by Gasteiger charge is -2.21. The lowest BCUT2D eigenvalue weighted by atomic mass is 9.92. The Bertz CT molecular complexity index is 788. The van der Waals surface area contributed by atoms with Crippen LogP contribution < -0.4 is 10.1 Å². The summed E-state index contributed by atoms with van der Waals surface area (Å²) in [5.41, 5.74) is 5.74. The molecule has 4 N–H and O–H groups in total. The molecule has 2 atom stereocenters. The van der Waals surface area contributed by atoms with E-state index in [4.69, 9.17) is 4.74 Å². The number of aryl methyl sites for hydroxylation is 3. The topological polar surface area (TPSA) is 82.0 Å². The van der Waals surface area contributed by atoms with Gasteiger partial charge in [-0.15, -0.1) is 0 Å². The Kier molecular flexibility index (Phi) is 7.11. The van der Waals surface area contributed by atoms with Crippen LogP contribution in [0.5, 0.6) is 17.2 Å². The number of nitrogens with one attached hydrogen (secondary N) is 1. The molecule has 5 nitrogen and oxygen atoms in total. The third-order valence-electron chi connectivity index (χ3n) is 4.96. The maximum atomic E-state index is 10.5. The van der Waals surface area contributed by atoms with Gasteiger partial charge in [0.05, 0.1) is 13.2 Å². The van der Waals surface area contributed by atoms with Crippen LogP contribution in [0.1, 0.15) is 47.8 Å². The Morgan fingerprint density at radius 2 is 1.85 bits per heavy atom.